The van der Waals surface area contributed by atoms with E-state index in [0.717, 1.165) is 11.3 Å². The summed E-state index contributed by atoms with van der Waals surface area (Å²) in [5, 5.41) is 4.09. The van der Waals surface area contributed by atoms with Gasteiger partial charge in [0.2, 0.25) is 0 Å². The Morgan fingerprint density at radius 3 is 2.44 bits per heavy atom. The number of esters is 1. The molecule has 0 spiro atoms. The maximum atomic E-state index is 12.3. The topological polar surface area (TPSA) is 89.7 Å². The van der Waals surface area contributed by atoms with Crippen LogP contribution in [0.4, 0.5) is 0 Å². The van der Waals surface area contributed by atoms with Gasteiger partial charge in [-0.2, -0.15) is 10.1 Å². The fourth-order valence-corrected chi connectivity index (χ4v) is 3.00. The summed E-state index contributed by atoms with van der Waals surface area (Å²) in [5.41, 5.74) is 2.22. The van der Waals surface area contributed by atoms with Crippen molar-refractivity contribution in [1.82, 2.24) is 24.5 Å². The van der Waals surface area contributed by atoms with Gasteiger partial charge in [0.25, 0.3) is 11.7 Å². The molecule has 0 saturated heterocycles. The molecule has 0 N–H and O–H groups in total. The number of nitrogens with zero attached hydrogens (tertiary/aromatic N) is 5. The van der Waals surface area contributed by atoms with Crippen molar-refractivity contribution in [3.8, 4) is 0 Å². The first kappa shape index (κ1) is 18.8. The second kappa shape index (κ2) is 7.58. The SMILES string of the molecule is Cc1nc2ncnn2c(C)c1CC(=O)OCC(=O)N(C(C)C)C(C)C. The van der Waals surface area contributed by atoms with Gasteiger partial charge in [0.1, 0.15) is 6.33 Å². The van der Waals surface area contributed by atoms with Crippen molar-refractivity contribution >= 4 is 17.7 Å². The van der Waals surface area contributed by atoms with E-state index in [4.69, 9.17) is 4.74 Å². The van der Waals surface area contributed by atoms with E-state index in [9.17, 15) is 9.59 Å². The second-order valence-corrected chi connectivity index (χ2v) is 6.56. The van der Waals surface area contributed by atoms with Gasteiger partial charge in [0.15, 0.2) is 6.61 Å². The van der Waals surface area contributed by atoms with Crippen LogP contribution in [-0.2, 0) is 20.7 Å². The highest BCUT2D eigenvalue weighted by Crippen LogP contribution is 2.14. The highest BCUT2D eigenvalue weighted by Gasteiger charge is 2.22. The average molecular weight is 347 g/mol. The molecular formula is C17H25N5O3. The summed E-state index contributed by atoms with van der Waals surface area (Å²) in [4.78, 5) is 34.5. The first-order valence-corrected chi connectivity index (χ1v) is 8.35. The van der Waals surface area contributed by atoms with Crippen molar-refractivity contribution < 1.29 is 14.3 Å². The molecule has 2 aromatic rings. The zero-order valence-electron chi connectivity index (χ0n) is 15.6. The van der Waals surface area contributed by atoms with Gasteiger partial charge in [0.05, 0.1) is 6.42 Å². The van der Waals surface area contributed by atoms with Gasteiger partial charge in [-0.3, -0.25) is 9.59 Å². The van der Waals surface area contributed by atoms with Crippen molar-refractivity contribution in [2.75, 3.05) is 6.61 Å². The molecule has 0 aliphatic carbocycles. The standard InChI is InChI=1S/C17H25N5O3/c1-10(2)21(11(3)4)15(23)8-25-16(24)7-14-12(5)20-17-18-9-19-22(17)13(14)6/h9-11H,7-8H2,1-6H3. The van der Waals surface area contributed by atoms with Crippen molar-refractivity contribution in [2.45, 2.75) is 60.0 Å². The molecular weight excluding hydrogens is 322 g/mol. The normalized spacial score (nSPS) is 11.4. The number of carbonyl (C=O) groups excluding carboxylic acids is 2. The summed E-state index contributed by atoms with van der Waals surface area (Å²) in [6.45, 7) is 11.2. The maximum absolute atomic E-state index is 12.3. The van der Waals surface area contributed by atoms with Crippen LogP contribution in [0.15, 0.2) is 6.33 Å². The Balaban J connectivity index is 2.05. The van der Waals surface area contributed by atoms with Crippen molar-refractivity contribution in [2.24, 2.45) is 0 Å². The zero-order chi connectivity index (χ0) is 18.7. The van der Waals surface area contributed by atoms with Crippen LogP contribution >= 0.6 is 0 Å². The Hall–Kier alpha value is -2.51. The number of aryl methyl sites for hydroxylation is 2. The molecule has 0 fully saturated rings. The molecule has 0 atom stereocenters. The van der Waals surface area contributed by atoms with Gasteiger partial charge in [-0.05, 0) is 41.5 Å². The molecule has 0 radical (unpaired) electrons. The third kappa shape index (κ3) is 4.12. The van der Waals surface area contributed by atoms with E-state index in [1.807, 2.05) is 41.5 Å². The molecule has 0 bridgehead atoms. The van der Waals surface area contributed by atoms with E-state index >= 15 is 0 Å². The lowest BCUT2D eigenvalue weighted by molar-refractivity contribution is -0.153. The summed E-state index contributed by atoms with van der Waals surface area (Å²) in [5.74, 6) is -0.170. The molecule has 136 valence electrons. The molecule has 2 aromatic heterocycles. The molecule has 8 nitrogen and oxygen atoms in total. The number of rotatable bonds is 6. The van der Waals surface area contributed by atoms with E-state index in [0.29, 0.717) is 11.5 Å². The molecule has 2 heterocycles. The Morgan fingerprint density at radius 1 is 1.20 bits per heavy atom. The highest BCUT2D eigenvalue weighted by atomic mass is 16.5. The predicted octanol–water partition coefficient (Wildman–Crippen LogP) is 1.47. The summed E-state index contributed by atoms with van der Waals surface area (Å²) in [7, 11) is 0. The van der Waals surface area contributed by atoms with Crippen molar-refractivity contribution in [3.05, 3.63) is 23.3 Å². The van der Waals surface area contributed by atoms with Crippen LogP contribution < -0.4 is 0 Å². The van der Waals surface area contributed by atoms with Gasteiger partial charge in [-0.15, -0.1) is 0 Å². The summed E-state index contributed by atoms with van der Waals surface area (Å²) >= 11 is 0. The van der Waals surface area contributed by atoms with E-state index < -0.39 is 5.97 Å². The van der Waals surface area contributed by atoms with Crippen LogP contribution in [-0.4, -0.2) is 55.0 Å². The quantitative estimate of drug-likeness (QED) is 0.735. The predicted molar refractivity (Wildman–Crippen MR) is 92.0 cm³/mol. The molecule has 0 aromatic carbocycles. The average Bonchev–Trinajstić information content (AvgIpc) is 2.97. The van der Waals surface area contributed by atoms with E-state index in [2.05, 4.69) is 15.1 Å². The minimum atomic E-state index is -0.465. The zero-order valence-corrected chi connectivity index (χ0v) is 15.6. The number of carbonyl (C=O) groups is 2. The molecule has 2 rings (SSSR count). The van der Waals surface area contributed by atoms with Gasteiger partial charge in [-0.25, -0.2) is 9.50 Å². The van der Waals surface area contributed by atoms with Crippen LogP contribution in [0.3, 0.4) is 0 Å². The van der Waals surface area contributed by atoms with Crippen LogP contribution in [0.25, 0.3) is 5.78 Å². The molecule has 8 heteroatoms. The Bertz CT molecular complexity index is 774. The van der Waals surface area contributed by atoms with Gasteiger partial charge in [-0.1, -0.05) is 0 Å². The summed E-state index contributed by atoms with van der Waals surface area (Å²) < 4.78 is 6.77. The third-order valence-corrected chi connectivity index (χ3v) is 4.07. The lowest BCUT2D eigenvalue weighted by atomic mass is 10.1. The van der Waals surface area contributed by atoms with Crippen LogP contribution in [0.1, 0.15) is 44.6 Å². The van der Waals surface area contributed by atoms with E-state index in [1.165, 1.54) is 6.33 Å². The van der Waals surface area contributed by atoms with Crippen LogP contribution in [0.2, 0.25) is 0 Å². The largest absolute Gasteiger partial charge is 0.455 e. The summed E-state index contributed by atoms with van der Waals surface area (Å²) in [6, 6.07) is 0.101. The molecule has 25 heavy (non-hydrogen) atoms. The smallest absolute Gasteiger partial charge is 0.310 e. The number of ether oxygens (including phenoxy) is 1. The second-order valence-electron chi connectivity index (χ2n) is 6.56. The van der Waals surface area contributed by atoms with Crippen molar-refractivity contribution in [1.29, 1.82) is 0 Å². The number of fused-ring (bicyclic) bond motifs is 1. The molecule has 0 aliphatic rings. The first-order chi connectivity index (χ1) is 11.7. The minimum Gasteiger partial charge on any atom is -0.455 e. The molecule has 0 saturated carbocycles. The number of hydrogen-bond acceptors (Lipinski definition) is 6. The third-order valence-electron chi connectivity index (χ3n) is 4.07. The Labute approximate surface area is 147 Å². The summed E-state index contributed by atoms with van der Waals surface area (Å²) in [6.07, 6.45) is 1.46. The highest BCUT2D eigenvalue weighted by molar-refractivity contribution is 5.82. The number of amides is 1. The Morgan fingerprint density at radius 2 is 1.84 bits per heavy atom. The molecule has 1 amide bonds. The van der Waals surface area contributed by atoms with Gasteiger partial charge >= 0.3 is 5.97 Å². The monoisotopic (exact) mass is 347 g/mol. The van der Waals surface area contributed by atoms with Gasteiger partial charge < -0.3 is 9.64 Å². The first-order valence-electron chi connectivity index (χ1n) is 8.35. The molecule has 0 unspecified atom stereocenters. The lowest BCUT2D eigenvalue weighted by Crippen LogP contribution is -2.44. The van der Waals surface area contributed by atoms with Crippen LogP contribution in [0.5, 0.6) is 0 Å². The fraction of sp³-hybridized carbons (Fsp3) is 0.588. The Kier molecular flexibility index (Phi) is 5.71. The fourth-order valence-electron chi connectivity index (χ4n) is 3.00. The van der Waals surface area contributed by atoms with E-state index in [1.54, 1.807) is 9.42 Å². The van der Waals surface area contributed by atoms with Crippen LogP contribution in [0, 0.1) is 13.8 Å². The molecule has 0 aliphatic heterocycles. The van der Waals surface area contributed by atoms with Gasteiger partial charge in [0, 0.05) is 29.0 Å². The maximum Gasteiger partial charge on any atom is 0.310 e. The van der Waals surface area contributed by atoms with E-state index in [-0.39, 0.29) is 31.0 Å². The van der Waals surface area contributed by atoms with Crippen molar-refractivity contribution in [3.63, 3.8) is 0 Å². The number of hydrogen-bond donors (Lipinski definition) is 0. The number of aromatic nitrogens is 4. The minimum absolute atomic E-state index is 0.0388. The lowest BCUT2D eigenvalue weighted by Gasteiger charge is -2.30.